The summed E-state index contributed by atoms with van der Waals surface area (Å²) >= 11 is 5.77. The minimum Gasteiger partial charge on any atom is -0.490 e. The molecule has 138 valence electrons. The SMILES string of the molecule is C#CCNC(=O)c1cc(OC[C@H](C)NS(=O)(=O)C(F)(F)F)cnc1Cl. The number of alkyl halides is 3. The smallest absolute Gasteiger partial charge is 0.490 e. The van der Waals surface area contributed by atoms with Gasteiger partial charge in [0.25, 0.3) is 5.91 Å². The lowest BCUT2D eigenvalue weighted by atomic mass is 10.2. The lowest BCUT2D eigenvalue weighted by molar-refractivity contribution is -0.0451. The maximum atomic E-state index is 12.3. The minimum absolute atomic E-state index is 0.00770. The molecule has 1 rings (SSSR count). The summed E-state index contributed by atoms with van der Waals surface area (Å²) < 4.78 is 65.3. The summed E-state index contributed by atoms with van der Waals surface area (Å²) in [4.78, 5) is 15.5. The number of hydrogen-bond donors (Lipinski definition) is 2. The van der Waals surface area contributed by atoms with Gasteiger partial charge in [-0.1, -0.05) is 17.5 Å². The van der Waals surface area contributed by atoms with E-state index in [4.69, 9.17) is 22.8 Å². The molecule has 0 aliphatic rings. The van der Waals surface area contributed by atoms with E-state index < -0.39 is 34.1 Å². The highest BCUT2D eigenvalue weighted by atomic mass is 35.5. The number of sulfonamides is 1. The number of nitrogens with one attached hydrogen (secondary N) is 2. The first kappa shape index (κ1) is 21.0. The van der Waals surface area contributed by atoms with E-state index in [1.54, 1.807) is 0 Å². The second-order valence-electron chi connectivity index (χ2n) is 4.68. The van der Waals surface area contributed by atoms with Crippen molar-refractivity contribution in [2.45, 2.75) is 18.5 Å². The Labute approximate surface area is 147 Å². The molecule has 1 atom stereocenters. The molecule has 0 radical (unpaired) electrons. The zero-order valence-electron chi connectivity index (χ0n) is 12.7. The number of halogens is 4. The van der Waals surface area contributed by atoms with Crippen LogP contribution in [0.5, 0.6) is 5.75 Å². The maximum Gasteiger partial charge on any atom is 0.511 e. The van der Waals surface area contributed by atoms with Crippen LogP contribution in [0.25, 0.3) is 0 Å². The second-order valence-corrected chi connectivity index (χ2v) is 6.74. The van der Waals surface area contributed by atoms with Crippen LogP contribution in [0.2, 0.25) is 5.15 Å². The van der Waals surface area contributed by atoms with E-state index in [2.05, 4.69) is 16.2 Å². The Kier molecular flexibility index (Phi) is 7.04. The van der Waals surface area contributed by atoms with Crippen LogP contribution >= 0.6 is 11.6 Å². The molecule has 1 amide bonds. The molecular formula is C13H13ClF3N3O4S. The van der Waals surface area contributed by atoms with Gasteiger partial charge in [0.05, 0.1) is 24.3 Å². The van der Waals surface area contributed by atoms with Gasteiger partial charge in [-0.15, -0.1) is 6.42 Å². The third kappa shape index (κ3) is 6.08. The van der Waals surface area contributed by atoms with Crippen molar-refractivity contribution in [2.24, 2.45) is 0 Å². The van der Waals surface area contributed by atoms with Gasteiger partial charge in [-0.05, 0) is 13.0 Å². The predicted molar refractivity (Wildman–Crippen MR) is 83.5 cm³/mol. The van der Waals surface area contributed by atoms with Crippen molar-refractivity contribution >= 4 is 27.5 Å². The average Bonchev–Trinajstić information content (AvgIpc) is 2.50. The lowest BCUT2D eigenvalue weighted by Crippen LogP contribution is -2.43. The first-order valence-electron chi connectivity index (χ1n) is 6.56. The molecule has 0 bridgehead atoms. The Morgan fingerprint density at radius 1 is 1.52 bits per heavy atom. The van der Waals surface area contributed by atoms with Gasteiger partial charge in [0.2, 0.25) is 0 Å². The van der Waals surface area contributed by atoms with Crippen molar-refractivity contribution in [3.8, 4) is 18.1 Å². The van der Waals surface area contributed by atoms with Crippen LogP contribution in [-0.4, -0.2) is 44.0 Å². The van der Waals surface area contributed by atoms with E-state index in [0.717, 1.165) is 6.20 Å². The van der Waals surface area contributed by atoms with Crippen molar-refractivity contribution in [1.29, 1.82) is 0 Å². The van der Waals surface area contributed by atoms with E-state index in [0.29, 0.717) is 0 Å². The van der Waals surface area contributed by atoms with Crippen LogP contribution in [-0.2, 0) is 10.0 Å². The summed E-state index contributed by atoms with van der Waals surface area (Å²) in [7, 11) is -5.49. The normalized spacial score (nSPS) is 13.0. The molecule has 25 heavy (non-hydrogen) atoms. The van der Waals surface area contributed by atoms with Crippen LogP contribution in [0.1, 0.15) is 17.3 Å². The number of pyridine rings is 1. The molecule has 7 nitrogen and oxygen atoms in total. The number of amides is 1. The topological polar surface area (TPSA) is 97.4 Å². The standard InChI is InChI=1S/C13H13ClF3N3O4S/c1-3-4-18-12(21)10-5-9(6-19-11(10)14)24-7-8(2)20-25(22,23)13(15,16)17/h1,5-6,8,20H,4,7H2,2H3,(H,18,21)/t8-/m0/s1. The molecule has 0 aliphatic carbocycles. The highest BCUT2D eigenvalue weighted by Crippen LogP contribution is 2.22. The van der Waals surface area contributed by atoms with Gasteiger partial charge in [-0.2, -0.15) is 13.2 Å². The van der Waals surface area contributed by atoms with E-state index >= 15 is 0 Å². The molecule has 0 fully saturated rings. The van der Waals surface area contributed by atoms with Gasteiger partial charge >= 0.3 is 15.5 Å². The molecule has 0 unspecified atom stereocenters. The monoisotopic (exact) mass is 399 g/mol. The van der Waals surface area contributed by atoms with Gasteiger partial charge in [0.15, 0.2) is 0 Å². The summed E-state index contributed by atoms with van der Waals surface area (Å²) in [5.41, 5.74) is -5.48. The fourth-order valence-electron chi connectivity index (χ4n) is 1.48. The summed E-state index contributed by atoms with van der Waals surface area (Å²) in [5.74, 6) is 1.58. The van der Waals surface area contributed by atoms with E-state index in [9.17, 15) is 26.4 Å². The number of ether oxygens (including phenoxy) is 1. The molecule has 0 saturated carbocycles. The summed E-state index contributed by atoms with van der Waals surface area (Å²) in [6, 6.07) is 0.00706. The van der Waals surface area contributed by atoms with Gasteiger partial charge in [-0.25, -0.2) is 18.1 Å². The summed E-state index contributed by atoms with van der Waals surface area (Å²) in [6.45, 7) is 0.688. The average molecular weight is 400 g/mol. The Hall–Kier alpha value is -2.03. The largest absolute Gasteiger partial charge is 0.511 e. The van der Waals surface area contributed by atoms with Crippen molar-refractivity contribution in [1.82, 2.24) is 15.0 Å². The molecule has 1 heterocycles. The molecule has 0 aliphatic heterocycles. The number of hydrogen-bond acceptors (Lipinski definition) is 5. The number of rotatable bonds is 7. The number of carbonyl (C=O) groups is 1. The first-order chi connectivity index (χ1) is 11.5. The van der Waals surface area contributed by atoms with Crippen LogP contribution in [0.3, 0.4) is 0 Å². The Morgan fingerprint density at radius 2 is 2.16 bits per heavy atom. The van der Waals surface area contributed by atoms with Crippen LogP contribution in [0.15, 0.2) is 12.3 Å². The number of aromatic nitrogens is 1. The molecule has 0 saturated heterocycles. The third-order valence-electron chi connectivity index (χ3n) is 2.57. The summed E-state index contributed by atoms with van der Waals surface area (Å²) in [6.07, 6.45) is 6.14. The van der Waals surface area contributed by atoms with Gasteiger partial charge < -0.3 is 10.1 Å². The lowest BCUT2D eigenvalue weighted by Gasteiger charge is -2.16. The zero-order valence-corrected chi connectivity index (χ0v) is 14.3. The quantitative estimate of drug-likeness (QED) is 0.532. The van der Waals surface area contributed by atoms with Crippen molar-refractivity contribution in [3.05, 3.63) is 23.0 Å². The van der Waals surface area contributed by atoms with E-state index in [-0.39, 0.29) is 23.0 Å². The molecule has 0 aromatic carbocycles. The molecule has 12 heteroatoms. The van der Waals surface area contributed by atoms with Crippen molar-refractivity contribution < 1.29 is 31.1 Å². The first-order valence-corrected chi connectivity index (χ1v) is 8.42. The zero-order chi connectivity index (χ0) is 19.3. The van der Waals surface area contributed by atoms with E-state index in [1.807, 2.05) is 0 Å². The molecule has 1 aromatic heterocycles. The third-order valence-corrected chi connectivity index (χ3v) is 4.19. The summed E-state index contributed by atoms with van der Waals surface area (Å²) in [5, 5.41) is 2.23. The van der Waals surface area contributed by atoms with Crippen LogP contribution in [0, 0.1) is 12.3 Å². The van der Waals surface area contributed by atoms with Crippen LogP contribution in [0.4, 0.5) is 13.2 Å². The fraction of sp³-hybridized carbons (Fsp3) is 0.385. The van der Waals surface area contributed by atoms with Gasteiger partial charge in [0, 0.05) is 0 Å². The Bertz CT molecular complexity index is 778. The molecule has 1 aromatic rings. The predicted octanol–water partition coefficient (Wildman–Crippen LogP) is 1.30. The number of terminal acetylenes is 1. The fourth-order valence-corrected chi connectivity index (χ4v) is 2.40. The Morgan fingerprint density at radius 3 is 2.72 bits per heavy atom. The Balaban J connectivity index is 2.75. The van der Waals surface area contributed by atoms with Gasteiger partial charge in [0.1, 0.15) is 17.5 Å². The highest BCUT2D eigenvalue weighted by Gasteiger charge is 2.46. The minimum atomic E-state index is -5.49. The molecular weight excluding hydrogens is 387 g/mol. The molecule has 2 N–H and O–H groups in total. The second kappa shape index (κ2) is 8.37. The highest BCUT2D eigenvalue weighted by molar-refractivity contribution is 7.90. The number of nitrogens with zero attached hydrogens (tertiary/aromatic N) is 1. The molecule has 0 spiro atoms. The van der Waals surface area contributed by atoms with Crippen molar-refractivity contribution in [2.75, 3.05) is 13.2 Å². The van der Waals surface area contributed by atoms with Gasteiger partial charge in [-0.3, -0.25) is 4.79 Å². The maximum absolute atomic E-state index is 12.3. The van der Waals surface area contributed by atoms with Crippen LogP contribution < -0.4 is 14.8 Å². The van der Waals surface area contributed by atoms with E-state index in [1.165, 1.54) is 17.7 Å². The number of carbonyl (C=O) groups excluding carboxylic acids is 1. The van der Waals surface area contributed by atoms with Crippen molar-refractivity contribution in [3.63, 3.8) is 0 Å².